The number of aromatic nitrogens is 2. The van der Waals surface area contributed by atoms with E-state index in [1.165, 1.54) is 24.4 Å². The van der Waals surface area contributed by atoms with E-state index in [0.717, 1.165) is 0 Å². The zero-order valence-corrected chi connectivity index (χ0v) is 21.4. The number of aliphatic imine (C=N–C) groups is 1. The Morgan fingerprint density at radius 1 is 1.35 bits per heavy atom. The van der Waals surface area contributed by atoms with Crippen LogP contribution in [-0.4, -0.2) is 38.3 Å². The first kappa shape index (κ1) is 27.5. The highest BCUT2D eigenvalue weighted by molar-refractivity contribution is 8.02. The number of pyridine rings is 2. The van der Waals surface area contributed by atoms with Gasteiger partial charge in [0, 0.05) is 11.4 Å². The second-order valence-electron chi connectivity index (χ2n) is 7.99. The van der Waals surface area contributed by atoms with E-state index in [-0.39, 0.29) is 33.0 Å². The summed E-state index contributed by atoms with van der Waals surface area (Å²) in [7, 11) is 0. The van der Waals surface area contributed by atoms with E-state index in [2.05, 4.69) is 20.3 Å². The fraction of sp³-hybridized carbons (Fsp3) is 0.435. The first-order valence-electron chi connectivity index (χ1n) is 10.8. The Hall–Kier alpha value is -2.74. The van der Waals surface area contributed by atoms with Gasteiger partial charge in [-0.15, -0.1) is 11.8 Å². The Labute approximate surface area is 208 Å². The van der Waals surface area contributed by atoms with Crippen LogP contribution < -0.4 is 16.8 Å². The second kappa shape index (κ2) is 11.1. The van der Waals surface area contributed by atoms with Crippen LogP contribution in [0.4, 0.5) is 10.2 Å². The molecule has 182 valence electrons. The Balaban J connectivity index is 0.00000199. The average molecular weight is 506 g/mol. The van der Waals surface area contributed by atoms with Gasteiger partial charge in [0.1, 0.15) is 40.5 Å². The summed E-state index contributed by atoms with van der Waals surface area (Å²) < 4.78 is 14.5. The summed E-state index contributed by atoms with van der Waals surface area (Å²) in [5.41, 5.74) is 11.1. The van der Waals surface area contributed by atoms with Crippen LogP contribution in [0.1, 0.15) is 62.8 Å². The number of nitrogens with one attached hydrogen (secondary N) is 1. The summed E-state index contributed by atoms with van der Waals surface area (Å²) in [6, 6.07) is 5.78. The molecule has 3 rings (SSSR count). The number of nitrogens with zero attached hydrogens (tertiary/aromatic N) is 4. The maximum Gasteiger partial charge on any atom is 0.276 e. The molecule has 2 aromatic rings. The summed E-state index contributed by atoms with van der Waals surface area (Å²) in [5.74, 6) is -0.735. The number of carbonyl (C=O) groups is 1. The Morgan fingerprint density at radius 2 is 2.03 bits per heavy atom. The molecule has 1 aliphatic heterocycles. The minimum Gasteiger partial charge on any atom is -0.386 e. The van der Waals surface area contributed by atoms with Crippen LogP contribution in [0.25, 0.3) is 0 Å². The number of hydrogen-bond donors (Lipinski definition) is 3. The highest BCUT2D eigenvalue weighted by atomic mass is 35.5. The number of amidine groups is 1. The first-order valence-corrected chi connectivity index (χ1v) is 12.0. The van der Waals surface area contributed by atoms with Crippen LogP contribution in [-0.2, 0) is 5.54 Å². The largest absolute Gasteiger partial charge is 0.386 e. The number of rotatable bonds is 5. The molecule has 0 radical (unpaired) electrons. The van der Waals surface area contributed by atoms with Gasteiger partial charge < -0.3 is 16.8 Å². The molecule has 0 aromatic carbocycles. The molecule has 1 aliphatic rings. The molecule has 0 saturated heterocycles. The molecule has 11 heteroatoms. The Kier molecular flexibility index (Phi) is 9.00. The standard InChI is InChI=1S/C21H23ClFN7OS.C2H6/c1-20(2)19(26)30-21(3,14(32-20)6-7-24)17-13(23)4-5-15(28-17)29-18(31)16-12(22)8-11(9-25)10-27-16;1-2/h4-5,8,10,14H,6-7,24H2,1-3H3,(H2,26,30)(H,28,29,31);1-2H3/t14?,21-;/m0./s1. The van der Waals surface area contributed by atoms with E-state index in [4.69, 9.17) is 28.3 Å². The van der Waals surface area contributed by atoms with Crippen LogP contribution in [0.3, 0.4) is 0 Å². The van der Waals surface area contributed by atoms with E-state index in [0.29, 0.717) is 18.8 Å². The highest BCUT2D eigenvalue weighted by Gasteiger charge is 2.47. The van der Waals surface area contributed by atoms with E-state index in [9.17, 15) is 9.18 Å². The van der Waals surface area contributed by atoms with Gasteiger partial charge in [-0.2, -0.15) is 5.26 Å². The number of halogens is 2. The van der Waals surface area contributed by atoms with Crippen LogP contribution in [0, 0.1) is 17.1 Å². The summed E-state index contributed by atoms with van der Waals surface area (Å²) in [4.78, 5) is 25.6. The molecule has 1 unspecified atom stereocenters. The van der Waals surface area contributed by atoms with Gasteiger partial charge in [0.15, 0.2) is 0 Å². The Morgan fingerprint density at radius 3 is 2.62 bits per heavy atom. The lowest BCUT2D eigenvalue weighted by Crippen LogP contribution is -2.50. The van der Waals surface area contributed by atoms with Crippen molar-refractivity contribution in [1.29, 1.82) is 5.26 Å². The van der Waals surface area contributed by atoms with Crippen molar-refractivity contribution in [1.82, 2.24) is 9.97 Å². The smallest absolute Gasteiger partial charge is 0.276 e. The topological polar surface area (TPSA) is 143 Å². The number of carbonyl (C=O) groups excluding carboxylic acids is 1. The molecule has 34 heavy (non-hydrogen) atoms. The molecule has 5 N–H and O–H groups in total. The van der Waals surface area contributed by atoms with Gasteiger partial charge in [-0.3, -0.25) is 9.79 Å². The lowest BCUT2D eigenvalue weighted by Gasteiger charge is -2.43. The third-order valence-corrected chi connectivity index (χ3v) is 7.28. The Bertz CT molecular complexity index is 1130. The molecule has 2 atom stereocenters. The highest BCUT2D eigenvalue weighted by Crippen LogP contribution is 2.47. The van der Waals surface area contributed by atoms with E-state index < -0.39 is 22.0 Å². The first-order chi connectivity index (χ1) is 16.0. The van der Waals surface area contributed by atoms with Gasteiger partial charge in [-0.1, -0.05) is 25.4 Å². The number of hydrogen-bond acceptors (Lipinski definition) is 8. The summed E-state index contributed by atoms with van der Waals surface area (Å²) >= 11 is 7.64. The van der Waals surface area contributed by atoms with Crippen molar-refractivity contribution in [2.24, 2.45) is 16.5 Å². The molecule has 3 heterocycles. The van der Waals surface area contributed by atoms with Gasteiger partial charge in [0.05, 0.1) is 15.3 Å². The summed E-state index contributed by atoms with van der Waals surface area (Å²) in [6.45, 7) is 10.1. The zero-order chi connectivity index (χ0) is 25.7. The number of nitriles is 1. The zero-order valence-electron chi connectivity index (χ0n) is 19.8. The predicted molar refractivity (Wildman–Crippen MR) is 136 cm³/mol. The van der Waals surface area contributed by atoms with Crippen molar-refractivity contribution >= 4 is 40.9 Å². The molecule has 0 aliphatic carbocycles. The van der Waals surface area contributed by atoms with Gasteiger partial charge in [-0.05, 0) is 51.9 Å². The quantitative estimate of drug-likeness (QED) is 0.551. The van der Waals surface area contributed by atoms with Crippen LogP contribution in [0.15, 0.2) is 29.4 Å². The molecule has 2 aromatic heterocycles. The maximum atomic E-state index is 15.0. The molecule has 0 bridgehead atoms. The fourth-order valence-electron chi connectivity index (χ4n) is 3.39. The second-order valence-corrected chi connectivity index (χ2v) is 10.2. The fourth-order valence-corrected chi connectivity index (χ4v) is 5.17. The van der Waals surface area contributed by atoms with E-state index >= 15 is 0 Å². The summed E-state index contributed by atoms with van der Waals surface area (Å²) in [5, 5.41) is 11.3. The normalized spacial score (nSPS) is 20.9. The van der Waals surface area contributed by atoms with Gasteiger partial charge in [0.25, 0.3) is 5.91 Å². The van der Waals surface area contributed by atoms with E-state index in [1.54, 1.807) is 18.7 Å². The van der Waals surface area contributed by atoms with Crippen molar-refractivity contribution in [3.05, 3.63) is 52.2 Å². The molecule has 8 nitrogen and oxygen atoms in total. The van der Waals surface area contributed by atoms with Gasteiger partial charge in [-0.25, -0.2) is 14.4 Å². The number of thioether (sulfide) groups is 1. The molecule has 0 saturated carbocycles. The lowest BCUT2D eigenvalue weighted by atomic mass is 9.89. The van der Waals surface area contributed by atoms with Crippen LogP contribution in [0.2, 0.25) is 5.02 Å². The molecule has 0 spiro atoms. The predicted octanol–water partition coefficient (Wildman–Crippen LogP) is 4.23. The molecule has 1 amide bonds. The van der Waals surface area contributed by atoms with Crippen LogP contribution >= 0.6 is 23.4 Å². The number of amides is 1. The SMILES string of the molecule is CC.CC1(C)SC(CCN)[C@@](C)(c2nc(NC(=O)c3ncc(C#N)cc3Cl)ccc2F)N=C1N. The third-order valence-electron chi connectivity index (χ3n) is 5.21. The van der Waals surface area contributed by atoms with Gasteiger partial charge in [0.2, 0.25) is 0 Å². The average Bonchev–Trinajstić information content (AvgIpc) is 2.80. The minimum absolute atomic E-state index is 0.0159. The molecular formula is C23H29ClFN7OS. The van der Waals surface area contributed by atoms with Crippen molar-refractivity contribution < 1.29 is 9.18 Å². The van der Waals surface area contributed by atoms with Crippen molar-refractivity contribution in [2.45, 2.75) is 56.6 Å². The molecular weight excluding hydrogens is 477 g/mol. The van der Waals surface area contributed by atoms with Crippen LogP contribution in [0.5, 0.6) is 0 Å². The third kappa shape index (κ3) is 5.66. The number of anilines is 1. The summed E-state index contributed by atoms with van der Waals surface area (Å²) in [6.07, 6.45) is 1.81. The lowest BCUT2D eigenvalue weighted by molar-refractivity contribution is 0.102. The van der Waals surface area contributed by atoms with Gasteiger partial charge >= 0.3 is 0 Å². The van der Waals surface area contributed by atoms with Crippen molar-refractivity contribution in [3.63, 3.8) is 0 Å². The molecule has 0 fully saturated rings. The maximum absolute atomic E-state index is 15.0. The monoisotopic (exact) mass is 505 g/mol. The minimum atomic E-state index is -1.08. The number of nitrogens with two attached hydrogens (primary N) is 2. The van der Waals surface area contributed by atoms with Crippen molar-refractivity contribution in [2.75, 3.05) is 11.9 Å². The van der Waals surface area contributed by atoms with E-state index in [1.807, 2.05) is 33.8 Å². The van der Waals surface area contributed by atoms with Crippen molar-refractivity contribution in [3.8, 4) is 6.07 Å².